The maximum Gasteiger partial charge on any atom is 0.0479 e. The smallest absolute Gasteiger partial charge is 0.0479 e. The lowest BCUT2D eigenvalue weighted by Gasteiger charge is -2.24. The lowest BCUT2D eigenvalue weighted by atomic mass is 9.96. The molecule has 176 valence electrons. The first kappa shape index (κ1) is 27.8. The Morgan fingerprint density at radius 2 is 1.78 bits per heavy atom. The SMILES string of the molecule is C=CN[C@H](C)c1ccc(C)cc1.C=N.C=S(NC1CCCCC1)c1cnc(CC)c(C)c1. The van der Waals surface area contributed by atoms with Crippen molar-refractivity contribution in [1.29, 1.82) is 5.41 Å². The molecule has 0 bridgehead atoms. The van der Waals surface area contributed by atoms with E-state index in [1.54, 1.807) is 6.20 Å². The van der Waals surface area contributed by atoms with Gasteiger partial charge in [0.2, 0.25) is 0 Å². The molecule has 3 N–H and O–H groups in total. The second kappa shape index (κ2) is 15.5. The summed E-state index contributed by atoms with van der Waals surface area (Å²) in [4.78, 5) is 5.78. The minimum Gasteiger partial charge on any atom is -0.385 e. The minimum absolute atomic E-state index is 0.114. The van der Waals surface area contributed by atoms with Crippen molar-refractivity contribution in [2.45, 2.75) is 83.2 Å². The summed E-state index contributed by atoms with van der Waals surface area (Å²) in [7, 11) is -0.114. The van der Waals surface area contributed by atoms with Crippen LogP contribution in [0.25, 0.3) is 0 Å². The van der Waals surface area contributed by atoms with Crippen LogP contribution in [0.15, 0.2) is 54.2 Å². The highest BCUT2D eigenvalue weighted by atomic mass is 32.2. The first-order chi connectivity index (χ1) is 15.4. The van der Waals surface area contributed by atoms with Crippen molar-refractivity contribution < 1.29 is 0 Å². The van der Waals surface area contributed by atoms with E-state index in [0.29, 0.717) is 12.1 Å². The van der Waals surface area contributed by atoms with Crippen molar-refractivity contribution >= 4 is 23.3 Å². The van der Waals surface area contributed by atoms with E-state index in [1.165, 1.54) is 59.4 Å². The van der Waals surface area contributed by atoms with Crippen LogP contribution in [0, 0.1) is 19.3 Å². The molecule has 1 unspecified atom stereocenters. The van der Waals surface area contributed by atoms with Gasteiger partial charge in [0.1, 0.15) is 0 Å². The van der Waals surface area contributed by atoms with Gasteiger partial charge in [-0.25, -0.2) is 0 Å². The molecule has 0 saturated heterocycles. The number of pyridine rings is 1. The van der Waals surface area contributed by atoms with Crippen LogP contribution in [0.1, 0.15) is 74.4 Å². The zero-order chi connectivity index (χ0) is 23.9. The Labute approximate surface area is 198 Å². The Bertz CT molecular complexity index is 826. The summed E-state index contributed by atoms with van der Waals surface area (Å²) >= 11 is 0. The van der Waals surface area contributed by atoms with Crippen LogP contribution < -0.4 is 10.0 Å². The molecule has 2 atom stereocenters. The minimum atomic E-state index is -0.114. The number of aromatic nitrogens is 1. The van der Waals surface area contributed by atoms with E-state index in [0.717, 1.165) is 6.42 Å². The first-order valence-electron chi connectivity index (χ1n) is 11.5. The Morgan fingerprint density at radius 3 is 2.31 bits per heavy atom. The van der Waals surface area contributed by atoms with Gasteiger partial charge in [-0.3, -0.25) is 9.71 Å². The summed E-state index contributed by atoms with van der Waals surface area (Å²) in [6, 6.07) is 11.8. The van der Waals surface area contributed by atoms with Gasteiger partial charge < -0.3 is 10.7 Å². The number of nitrogens with zero attached hydrogens (tertiary/aromatic N) is 1. The summed E-state index contributed by atoms with van der Waals surface area (Å²) in [5, 5.41) is 8.65. The van der Waals surface area contributed by atoms with Crippen molar-refractivity contribution in [3.05, 3.63) is 71.7 Å². The third-order valence-corrected chi connectivity index (χ3v) is 7.05. The number of rotatable bonds is 7. The highest BCUT2D eigenvalue weighted by Crippen LogP contribution is 2.26. The molecule has 1 saturated carbocycles. The quantitative estimate of drug-likeness (QED) is 0.315. The van der Waals surface area contributed by atoms with Gasteiger partial charge in [0.15, 0.2) is 0 Å². The van der Waals surface area contributed by atoms with Gasteiger partial charge in [-0.1, -0.05) is 79.1 Å². The van der Waals surface area contributed by atoms with Crippen LogP contribution in [-0.4, -0.2) is 23.6 Å². The van der Waals surface area contributed by atoms with Crippen molar-refractivity contribution in [2.24, 2.45) is 0 Å². The molecule has 1 aromatic carbocycles. The lowest BCUT2D eigenvalue weighted by molar-refractivity contribution is 0.423. The van der Waals surface area contributed by atoms with Gasteiger partial charge in [0.25, 0.3) is 0 Å². The lowest BCUT2D eigenvalue weighted by Crippen LogP contribution is -2.26. The monoisotopic (exact) mass is 454 g/mol. The molecular formula is C27H42N4S. The molecule has 5 heteroatoms. The van der Waals surface area contributed by atoms with E-state index in [-0.39, 0.29) is 10.7 Å². The van der Waals surface area contributed by atoms with E-state index in [9.17, 15) is 0 Å². The molecule has 0 amide bonds. The summed E-state index contributed by atoms with van der Waals surface area (Å²) in [6.45, 7) is 14.6. The zero-order valence-corrected chi connectivity index (χ0v) is 21.2. The Morgan fingerprint density at radius 1 is 1.16 bits per heavy atom. The van der Waals surface area contributed by atoms with Gasteiger partial charge in [-0.2, -0.15) is 0 Å². The molecule has 0 aliphatic heterocycles. The van der Waals surface area contributed by atoms with Crippen molar-refractivity contribution in [1.82, 2.24) is 15.0 Å². The fraction of sp³-hybridized carbons (Fsp3) is 0.444. The van der Waals surface area contributed by atoms with Gasteiger partial charge >= 0.3 is 0 Å². The van der Waals surface area contributed by atoms with E-state index >= 15 is 0 Å². The fourth-order valence-corrected chi connectivity index (χ4v) is 4.97. The van der Waals surface area contributed by atoms with Gasteiger partial charge in [0, 0.05) is 28.9 Å². The largest absolute Gasteiger partial charge is 0.385 e. The number of benzene rings is 1. The Kier molecular flexibility index (Phi) is 13.5. The molecule has 1 aliphatic rings. The number of aryl methyl sites for hydroxylation is 3. The molecule has 1 fully saturated rings. The summed E-state index contributed by atoms with van der Waals surface area (Å²) in [5.74, 6) is 4.28. The molecule has 1 aliphatic carbocycles. The van der Waals surface area contributed by atoms with Gasteiger partial charge in [0.05, 0.1) is 0 Å². The summed E-state index contributed by atoms with van der Waals surface area (Å²) < 4.78 is 3.68. The zero-order valence-electron chi connectivity index (χ0n) is 20.4. The fourth-order valence-electron chi connectivity index (χ4n) is 3.70. The second-order valence-electron chi connectivity index (χ2n) is 8.13. The highest BCUT2D eigenvalue weighted by molar-refractivity contribution is 8.12. The second-order valence-corrected chi connectivity index (χ2v) is 9.62. The van der Waals surface area contributed by atoms with Crippen molar-refractivity contribution in [3.8, 4) is 0 Å². The predicted octanol–water partition coefficient (Wildman–Crippen LogP) is 6.90. The molecule has 0 radical (unpaired) electrons. The van der Waals surface area contributed by atoms with Crippen LogP contribution in [0.3, 0.4) is 0 Å². The molecule has 32 heavy (non-hydrogen) atoms. The van der Waals surface area contributed by atoms with Gasteiger partial charge in [-0.15, -0.1) is 0 Å². The maximum atomic E-state index is 5.50. The molecule has 2 aromatic rings. The molecular weight excluding hydrogens is 412 g/mol. The van der Waals surface area contributed by atoms with Crippen LogP contribution >= 0.6 is 10.7 Å². The predicted molar refractivity (Wildman–Crippen MR) is 144 cm³/mol. The van der Waals surface area contributed by atoms with Crippen molar-refractivity contribution in [3.63, 3.8) is 0 Å². The van der Waals surface area contributed by atoms with E-state index in [4.69, 9.17) is 5.41 Å². The van der Waals surface area contributed by atoms with E-state index in [1.807, 2.05) is 6.20 Å². The standard InChI is InChI=1S/C15H24N2S.C11H15N.CH3N/c1-4-15-12(2)10-14(11-16-15)18(3)17-13-8-6-5-7-9-13;1-4-12-10(3)11-7-5-9(2)6-8-11;1-2/h10-11,13,17H,3-9H2,1-2H3;4-8,10,12H,1H2,2-3H3;2H,1H2/t;10-;/m.1./s1. The number of hydrogen-bond donors (Lipinski definition) is 3. The van der Waals surface area contributed by atoms with E-state index in [2.05, 4.69) is 92.2 Å². The third-order valence-electron chi connectivity index (χ3n) is 5.64. The number of hydrogen-bond acceptors (Lipinski definition) is 4. The Balaban J connectivity index is 0.000000318. The normalized spacial score (nSPS) is 15.2. The average molecular weight is 455 g/mol. The van der Waals surface area contributed by atoms with Crippen LogP contribution in [0.2, 0.25) is 0 Å². The maximum absolute atomic E-state index is 5.50. The Hall–Kier alpha value is -2.24. The topological polar surface area (TPSA) is 60.8 Å². The van der Waals surface area contributed by atoms with E-state index < -0.39 is 0 Å². The van der Waals surface area contributed by atoms with Crippen LogP contribution in [0.5, 0.6) is 0 Å². The highest BCUT2D eigenvalue weighted by Gasteiger charge is 2.14. The molecule has 4 nitrogen and oxygen atoms in total. The summed E-state index contributed by atoms with van der Waals surface area (Å²) in [5.41, 5.74) is 5.08. The van der Waals surface area contributed by atoms with Gasteiger partial charge in [-0.05, 0) is 70.1 Å². The van der Waals surface area contributed by atoms with Crippen LogP contribution in [-0.2, 0) is 6.42 Å². The van der Waals surface area contributed by atoms with Crippen LogP contribution in [0.4, 0.5) is 0 Å². The summed E-state index contributed by atoms with van der Waals surface area (Å²) in [6.07, 6.45) is 11.5. The average Bonchev–Trinajstić information content (AvgIpc) is 2.82. The third kappa shape index (κ3) is 9.49. The van der Waals surface area contributed by atoms with Crippen molar-refractivity contribution in [2.75, 3.05) is 0 Å². The first-order valence-corrected chi connectivity index (χ1v) is 12.9. The molecule has 0 spiro atoms. The molecule has 3 rings (SSSR count). The number of nitrogens with one attached hydrogen (secondary N) is 3. The molecule has 1 aromatic heterocycles. The molecule has 1 heterocycles.